The lowest BCUT2D eigenvalue weighted by Gasteiger charge is -2.22. The highest BCUT2D eigenvalue weighted by Gasteiger charge is 2.46. The molecule has 4 nitrogen and oxygen atoms in total. The van der Waals surface area contributed by atoms with E-state index in [-0.39, 0.29) is 6.04 Å². The predicted octanol–water partition coefficient (Wildman–Crippen LogP) is 1.89. The lowest BCUT2D eigenvalue weighted by atomic mass is 10.0. The summed E-state index contributed by atoms with van der Waals surface area (Å²) in [6.07, 6.45) is 1.95. The zero-order valence-corrected chi connectivity index (χ0v) is 12.9. The highest BCUT2D eigenvalue weighted by molar-refractivity contribution is 7.98. The zero-order valence-electron chi connectivity index (χ0n) is 12.1. The van der Waals surface area contributed by atoms with Gasteiger partial charge in [0.25, 0.3) is 0 Å². The normalized spacial score (nSPS) is 29.5. The van der Waals surface area contributed by atoms with Gasteiger partial charge in [0, 0.05) is 17.8 Å². The Labute approximate surface area is 115 Å². The maximum Gasteiger partial charge on any atom is 0.149 e. The van der Waals surface area contributed by atoms with E-state index in [4.69, 9.17) is 4.79 Å². The molecule has 0 amide bonds. The minimum Gasteiger partial charge on any atom is -0.311 e. The quantitative estimate of drug-likeness (QED) is 0.615. The summed E-state index contributed by atoms with van der Waals surface area (Å²) in [6, 6.07) is 0.518. The number of nitrogens with zero attached hydrogens (tertiary/aromatic N) is 1. The lowest BCUT2D eigenvalue weighted by molar-refractivity contribution is -0.120. The van der Waals surface area contributed by atoms with E-state index in [2.05, 4.69) is 16.5 Å². The number of carbonyl (C=O) groups is 2. The molecule has 2 rings (SSSR count). The number of hydrogen-bond acceptors (Lipinski definition) is 5. The van der Waals surface area contributed by atoms with E-state index in [1.54, 1.807) is 6.92 Å². The summed E-state index contributed by atoms with van der Waals surface area (Å²) in [5.41, 5.74) is 0. The van der Waals surface area contributed by atoms with Gasteiger partial charge in [0.15, 0.2) is 0 Å². The molecule has 2 fully saturated rings. The molecule has 2 aliphatic heterocycles. The average molecular weight is 274 g/mol. The lowest BCUT2D eigenvalue weighted by Crippen LogP contribution is -2.45. The Bertz CT molecular complexity index is 261. The van der Waals surface area contributed by atoms with Crippen LogP contribution in [0.25, 0.3) is 0 Å². The number of hydrogen-bond donors (Lipinski definition) is 1. The number of fused-ring (bicyclic) bond motifs is 1. The number of carbonyl (C=O) groups excluding carboxylic acids is 2. The van der Waals surface area contributed by atoms with Crippen molar-refractivity contribution < 1.29 is 9.59 Å². The molecule has 0 aromatic carbocycles. The molecule has 0 aliphatic carbocycles. The van der Waals surface area contributed by atoms with Crippen molar-refractivity contribution in [2.75, 3.05) is 13.1 Å². The molecular weight excluding hydrogens is 248 g/mol. The summed E-state index contributed by atoms with van der Waals surface area (Å²) in [5, 5.41) is 4.06. The van der Waals surface area contributed by atoms with E-state index < -0.39 is 0 Å². The van der Waals surface area contributed by atoms with Gasteiger partial charge in [-0.1, -0.05) is 32.7 Å². The van der Waals surface area contributed by atoms with Crippen LogP contribution >= 0.6 is 11.9 Å². The van der Waals surface area contributed by atoms with Crippen LogP contribution in [0.2, 0.25) is 0 Å². The van der Waals surface area contributed by atoms with Gasteiger partial charge in [-0.05, 0) is 26.8 Å². The topological polar surface area (TPSA) is 49.4 Å². The molecule has 2 saturated heterocycles. The molecule has 1 N–H and O–H groups in total. The Balaban J connectivity index is 0.000000509. The van der Waals surface area contributed by atoms with Crippen LogP contribution in [0.15, 0.2) is 0 Å². The smallest absolute Gasteiger partial charge is 0.149 e. The molecule has 2 aliphatic rings. The van der Waals surface area contributed by atoms with Crippen molar-refractivity contribution in [3.05, 3.63) is 0 Å². The molecule has 3 atom stereocenters. The van der Waals surface area contributed by atoms with Crippen LogP contribution in [0, 0.1) is 0 Å². The van der Waals surface area contributed by atoms with Crippen molar-refractivity contribution in [2.45, 2.75) is 58.4 Å². The van der Waals surface area contributed by atoms with Crippen LogP contribution in [0.1, 0.15) is 41.0 Å². The van der Waals surface area contributed by atoms with Gasteiger partial charge in [-0.2, -0.15) is 0 Å². The van der Waals surface area contributed by atoms with Gasteiger partial charge in [0.1, 0.15) is 12.1 Å². The van der Waals surface area contributed by atoms with Gasteiger partial charge in [0.05, 0.1) is 6.04 Å². The molecule has 0 aromatic rings. The third kappa shape index (κ3) is 4.37. The average Bonchev–Trinajstić information content (AvgIpc) is 2.90. The van der Waals surface area contributed by atoms with E-state index in [9.17, 15) is 4.79 Å². The van der Waals surface area contributed by atoms with Crippen LogP contribution < -0.4 is 5.32 Å². The maximum atomic E-state index is 11.5. The second-order valence-electron chi connectivity index (χ2n) is 3.94. The van der Waals surface area contributed by atoms with E-state index in [1.807, 2.05) is 25.8 Å². The molecule has 0 spiro atoms. The molecule has 0 saturated carbocycles. The van der Waals surface area contributed by atoms with Crippen molar-refractivity contribution in [1.82, 2.24) is 9.62 Å². The monoisotopic (exact) mass is 274 g/mol. The molecule has 106 valence electrons. The zero-order chi connectivity index (χ0) is 14.1. The van der Waals surface area contributed by atoms with Crippen molar-refractivity contribution >= 4 is 24.0 Å². The number of likely N-dealkylation sites (N-methyl/N-ethyl adjacent to an activating group) is 1. The summed E-state index contributed by atoms with van der Waals surface area (Å²) in [6.45, 7) is 11.3. The molecule has 5 heteroatoms. The summed E-state index contributed by atoms with van der Waals surface area (Å²) in [7, 11) is 0. The molecule has 0 bridgehead atoms. The molecule has 3 unspecified atom stereocenters. The Morgan fingerprint density at radius 2 is 2.06 bits per heavy atom. The first-order valence-corrected chi connectivity index (χ1v) is 7.56. The highest BCUT2D eigenvalue weighted by atomic mass is 32.2. The van der Waals surface area contributed by atoms with Gasteiger partial charge in [0.2, 0.25) is 0 Å². The maximum absolute atomic E-state index is 11.5. The van der Waals surface area contributed by atoms with Crippen molar-refractivity contribution in [2.24, 2.45) is 0 Å². The highest BCUT2D eigenvalue weighted by Crippen LogP contribution is 2.38. The standard InChI is InChI=1S/C9H16N2OS.C2H4O.C2H6/c1-3-11-9(6(2)12)8-7(13-11)4-5-10-8;1-2-3;1-2/h7-10H,3-5H2,1-2H3;2H,1H3;1-2H3. The Kier molecular flexibility index (Phi) is 9.32. The summed E-state index contributed by atoms with van der Waals surface area (Å²) >= 11 is 1.87. The van der Waals surface area contributed by atoms with Crippen molar-refractivity contribution in [3.8, 4) is 0 Å². The van der Waals surface area contributed by atoms with Gasteiger partial charge < -0.3 is 10.1 Å². The molecule has 18 heavy (non-hydrogen) atoms. The Morgan fingerprint density at radius 3 is 2.50 bits per heavy atom. The molecule has 0 radical (unpaired) electrons. The number of nitrogens with one attached hydrogen (secondary N) is 1. The first-order valence-electron chi connectivity index (χ1n) is 6.72. The first-order chi connectivity index (χ1) is 8.65. The van der Waals surface area contributed by atoms with E-state index in [1.165, 1.54) is 13.3 Å². The third-order valence-electron chi connectivity index (χ3n) is 2.86. The summed E-state index contributed by atoms with van der Waals surface area (Å²) < 4.78 is 2.23. The van der Waals surface area contributed by atoms with Gasteiger partial charge in [-0.25, -0.2) is 4.31 Å². The minimum atomic E-state index is 0.113. The van der Waals surface area contributed by atoms with Crippen LogP contribution in [0.5, 0.6) is 0 Å². The van der Waals surface area contributed by atoms with Gasteiger partial charge in [-0.3, -0.25) is 4.79 Å². The number of ketones is 1. The van der Waals surface area contributed by atoms with E-state index in [0.29, 0.717) is 17.1 Å². The number of Topliss-reactive ketones (excluding diaryl/α,β-unsaturated/α-hetero) is 1. The second-order valence-corrected chi connectivity index (χ2v) is 5.22. The number of rotatable bonds is 2. The second kappa shape index (κ2) is 9.53. The molecule has 0 aromatic heterocycles. The van der Waals surface area contributed by atoms with Gasteiger partial charge >= 0.3 is 0 Å². The van der Waals surface area contributed by atoms with E-state index in [0.717, 1.165) is 19.4 Å². The van der Waals surface area contributed by atoms with Crippen LogP contribution in [0.4, 0.5) is 0 Å². The van der Waals surface area contributed by atoms with Crippen LogP contribution in [0.3, 0.4) is 0 Å². The fourth-order valence-electron chi connectivity index (χ4n) is 2.28. The first kappa shape index (κ1) is 17.6. The molecular formula is C13H26N2O2S. The van der Waals surface area contributed by atoms with Crippen molar-refractivity contribution in [1.29, 1.82) is 0 Å². The van der Waals surface area contributed by atoms with Crippen LogP contribution in [-0.2, 0) is 9.59 Å². The SMILES string of the molecule is CC.CC=O.CCN1SC2CCNC2C1C(C)=O. The fraction of sp³-hybridized carbons (Fsp3) is 0.846. The third-order valence-corrected chi connectivity index (χ3v) is 4.41. The number of aldehydes is 1. The van der Waals surface area contributed by atoms with Crippen LogP contribution in [-0.4, -0.2) is 46.8 Å². The fourth-order valence-corrected chi connectivity index (χ4v) is 3.79. The van der Waals surface area contributed by atoms with E-state index >= 15 is 0 Å². The largest absolute Gasteiger partial charge is 0.311 e. The summed E-state index contributed by atoms with van der Waals surface area (Å²) in [4.78, 5) is 20.3. The summed E-state index contributed by atoms with van der Waals surface area (Å²) in [5.74, 6) is 0.302. The molecule has 2 heterocycles. The van der Waals surface area contributed by atoms with Gasteiger partial charge in [-0.15, -0.1) is 0 Å². The minimum absolute atomic E-state index is 0.113. The Hall–Kier alpha value is -0.390. The predicted molar refractivity (Wildman–Crippen MR) is 77.7 cm³/mol. The van der Waals surface area contributed by atoms with Crippen molar-refractivity contribution in [3.63, 3.8) is 0 Å². The Morgan fingerprint density at radius 1 is 1.50 bits per heavy atom.